The molecule has 1 aliphatic rings. The number of aliphatic hydroxyl groups excluding tert-OH is 4. The average Bonchev–Trinajstić information content (AvgIpc) is 2.47. The first-order valence-electron chi connectivity index (χ1n) is 7.04. The van der Waals surface area contributed by atoms with Gasteiger partial charge in [-0.25, -0.2) is 0 Å². The van der Waals surface area contributed by atoms with Gasteiger partial charge in [0.25, 0.3) is 0 Å². The summed E-state index contributed by atoms with van der Waals surface area (Å²) in [4.78, 5) is 0. The number of hydrogen-bond acceptors (Lipinski definition) is 8. The molecule has 21 heavy (non-hydrogen) atoms. The van der Waals surface area contributed by atoms with Gasteiger partial charge in [0, 0.05) is 0 Å². The maximum absolute atomic E-state index is 9.87. The topological polar surface area (TPSA) is 114 Å². The third-order valence-electron chi connectivity index (χ3n) is 3.36. The van der Waals surface area contributed by atoms with Crippen LogP contribution in [0.2, 0.25) is 0 Å². The molecule has 0 amide bonds. The second kappa shape index (κ2) is 10.0. The van der Waals surface area contributed by atoms with Crippen LogP contribution in [0.15, 0.2) is 0 Å². The molecule has 5 unspecified atom stereocenters. The molecule has 0 saturated carbocycles. The van der Waals surface area contributed by atoms with Gasteiger partial charge in [-0.2, -0.15) is 11.8 Å². The van der Waals surface area contributed by atoms with Crippen LogP contribution in [0.3, 0.4) is 0 Å². The van der Waals surface area contributed by atoms with Gasteiger partial charge in [-0.1, -0.05) is 18.2 Å². The largest absolute Gasteiger partial charge is 0.394 e. The fourth-order valence-corrected chi connectivity index (χ4v) is 3.61. The van der Waals surface area contributed by atoms with Crippen molar-refractivity contribution in [1.29, 1.82) is 5.41 Å². The number of rotatable bonds is 8. The minimum absolute atomic E-state index is 0.378. The zero-order chi connectivity index (χ0) is 15.8. The maximum atomic E-state index is 9.87. The number of unbranched alkanes of at least 4 members (excludes halogenated alkanes) is 2. The van der Waals surface area contributed by atoms with Crippen LogP contribution in [-0.2, 0) is 4.74 Å². The molecule has 1 aliphatic heterocycles. The molecule has 5 atom stereocenters. The quantitative estimate of drug-likeness (QED) is 0.247. The molecular weight excluding hydrogens is 314 g/mol. The molecule has 0 aromatic rings. The van der Waals surface area contributed by atoms with E-state index in [0.717, 1.165) is 36.8 Å². The lowest BCUT2D eigenvalue weighted by Gasteiger charge is -2.39. The summed E-state index contributed by atoms with van der Waals surface area (Å²) in [5, 5.41) is 46.6. The monoisotopic (exact) mass is 339 g/mol. The fourth-order valence-electron chi connectivity index (χ4n) is 2.07. The van der Waals surface area contributed by atoms with Gasteiger partial charge in [0.15, 0.2) is 0 Å². The van der Waals surface area contributed by atoms with Crippen LogP contribution in [0, 0.1) is 5.41 Å². The lowest BCUT2D eigenvalue weighted by atomic mass is 10.0. The van der Waals surface area contributed by atoms with Crippen molar-refractivity contribution in [3.05, 3.63) is 0 Å². The highest BCUT2D eigenvalue weighted by Crippen LogP contribution is 2.30. The second-order valence-corrected chi connectivity index (χ2v) is 7.22. The molecule has 8 heteroatoms. The molecule has 0 aromatic heterocycles. The van der Waals surface area contributed by atoms with E-state index in [4.69, 9.17) is 15.3 Å². The fraction of sp³-hybridized carbons (Fsp3) is 0.923. The molecule has 1 heterocycles. The Kier molecular flexibility index (Phi) is 9.19. The first-order valence-corrected chi connectivity index (χ1v) is 9.32. The van der Waals surface area contributed by atoms with E-state index in [0.29, 0.717) is 11.5 Å². The molecule has 1 rings (SSSR count). The van der Waals surface area contributed by atoms with E-state index >= 15 is 0 Å². The van der Waals surface area contributed by atoms with Gasteiger partial charge in [0.05, 0.1) is 11.7 Å². The van der Waals surface area contributed by atoms with Crippen molar-refractivity contribution < 1.29 is 25.2 Å². The van der Waals surface area contributed by atoms with Gasteiger partial charge in [-0.05, 0) is 31.3 Å². The zero-order valence-corrected chi connectivity index (χ0v) is 13.8. The van der Waals surface area contributed by atoms with Gasteiger partial charge in [-0.15, -0.1) is 0 Å². The highest BCUT2D eigenvalue weighted by Gasteiger charge is 2.43. The van der Waals surface area contributed by atoms with E-state index < -0.39 is 36.5 Å². The van der Waals surface area contributed by atoms with E-state index in [2.05, 4.69) is 6.26 Å². The molecule has 124 valence electrons. The number of hydrogen-bond donors (Lipinski definition) is 5. The van der Waals surface area contributed by atoms with E-state index in [9.17, 15) is 15.3 Å². The predicted octanol–water partition coefficient (Wildman–Crippen LogP) is 0.420. The summed E-state index contributed by atoms with van der Waals surface area (Å²) in [6, 6.07) is 0. The Hall–Kier alpha value is 0.170. The molecule has 5 N–H and O–H groups in total. The number of aliphatic hydroxyl groups is 4. The minimum atomic E-state index is -1.37. The maximum Gasteiger partial charge on any atom is 0.137 e. The smallest absolute Gasteiger partial charge is 0.137 e. The van der Waals surface area contributed by atoms with Crippen molar-refractivity contribution in [2.75, 3.05) is 18.6 Å². The van der Waals surface area contributed by atoms with Crippen LogP contribution >= 0.6 is 23.5 Å². The van der Waals surface area contributed by atoms with Gasteiger partial charge >= 0.3 is 0 Å². The highest BCUT2D eigenvalue weighted by molar-refractivity contribution is 8.14. The lowest BCUT2D eigenvalue weighted by molar-refractivity contribution is -0.205. The minimum Gasteiger partial charge on any atom is -0.394 e. The second-order valence-electron chi connectivity index (χ2n) is 5.04. The van der Waals surface area contributed by atoms with Crippen LogP contribution in [0.5, 0.6) is 0 Å². The van der Waals surface area contributed by atoms with Crippen LogP contribution in [-0.4, -0.2) is 73.9 Å². The average molecular weight is 339 g/mol. The molecule has 1 fully saturated rings. The highest BCUT2D eigenvalue weighted by atomic mass is 32.2. The van der Waals surface area contributed by atoms with Gasteiger partial charge < -0.3 is 25.2 Å². The van der Waals surface area contributed by atoms with Gasteiger partial charge in [0.1, 0.15) is 29.9 Å². The molecule has 0 aliphatic carbocycles. The summed E-state index contributed by atoms with van der Waals surface area (Å²) in [5.41, 5.74) is -0.834. The van der Waals surface area contributed by atoms with Gasteiger partial charge in [-0.3, -0.25) is 5.41 Å². The Balaban J connectivity index is 2.36. The third kappa shape index (κ3) is 6.05. The van der Waals surface area contributed by atoms with Crippen LogP contribution in [0.1, 0.15) is 25.7 Å². The summed E-state index contributed by atoms with van der Waals surface area (Å²) in [5.74, 6) is 1.12. The number of nitrogens with one attached hydrogen (secondary N) is 1. The Morgan fingerprint density at radius 2 is 1.81 bits per heavy atom. The molecule has 0 bridgehead atoms. The van der Waals surface area contributed by atoms with Gasteiger partial charge in [0.2, 0.25) is 0 Å². The Bertz CT molecular complexity index is 319. The number of ether oxygens (including phenoxy) is 1. The molecule has 1 saturated heterocycles. The van der Waals surface area contributed by atoms with E-state index in [1.54, 1.807) is 11.8 Å². The summed E-state index contributed by atoms with van der Waals surface area (Å²) < 4.78 is 5.35. The first kappa shape index (κ1) is 19.2. The van der Waals surface area contributed by atoms with E-state index in [1.807, 2.05) is 0 Å². The first-order chi connectivity index (χ1) is 10.0. The molecule has 6 nitrogen and oxygen atoms in total. The van der Waals surface area contributed by atoms with E-state index in [-0.39, 0.29) is 0 Å². The van der Waals surface area contributed by atoms with Crippen molar-refractivity contribution in [2.24, 2.45) is 0 Å². The lowest BCUT2D eigenvalue weighted by Crippen LogP contribution is -2.57. The number of thioether (sulfide) groups is 2. The summed E-state index contributed by atoms with van der Waals surface area (Å²) in [7, 11) is 0. The summed E-state index contributed by atoms with van der Waals surface area (Å²) in [6.07, 6.45) is 0.859. The zero-order valence-electron chi connectivity index (χ0n) is 12.1. The molecule has 0 radical (unpaired) electrons. The Morgan fingerprint density at radius 1 is 1.10 bits per heavy atom. The predicted molar refractivity (Wildman–Crippen MR) is 85.9 cm³/mol. The van der Waals surface area contributed by atoms with Crippen molar-refractivity contribution >= 4 is 28.6 Å². The van der Waals surface area contributed by atoms with Crippen molar-refractivity contribution in [2.45, 2.75) is 55.5 Å². The van der Waals surface area contributed by atoms with Crippen molar-refractivity contribution in [1.82, 2.24) is 0 Å². The standard InChI is InChI=1S/C13H25NO5S2/c1-20-6-4-2-3-5-9(14)21-13-12(18)11(17)10(16)8(7-15)19-13/h8,10-18H,2-7H2,1H3. The van der Waals surface area contributed by atoms with Crippen LogP contribution in [0.25, 0.3) is 0 Å². The Morgan fingerprint density at radius 3 is 2.43 bits per heavy atom. The summed E-state index contributed by atoms with van der Waals surface area (Å²) in [6.45, 7) is -0.440. The van der Waals surface area contributed by atoms with Crippen LogP contribution < -0.4 is 0 Å². The molecule has 0 aromatic carbocycles. The SMILES string of the molecule is CSCCCCCC(=N)SC1OC(CO)C(O)C(O)C1O. The molecule has 0 spiro atoms. The van der Waals surface area contributed by atoms with Crippen molar-refractivity contribution in [3.63, 3.8) is 0 Å². The third-order valence-corrected chi connectivity index (χ3v) is 5.17. The van der Waals surface area contributed by atoms with E-state index in [1.165, 1.54) is 0 Å². The Labute approximate surface area is 133 Å². The van der Waals surface area contributed by atoms with Crippen molar-refractivity contribution in [3.8, 4) is 0 Å². The molecular formula is C13H25NO5S2. The normalized spacial score (nSPS) is 33.1. The van der Waals surface area contributed by atoms with Crippen LogP contribution in [0.4, 0.5) is 0 Å². The summed E-state index contributed by atoms with van der Waals surface area (Å²) >= 11 is 2.85.